The van der Waals surface area contributed by atoms with Crippen molar-refractivity contribution in [1.29, 1.82) is 0 Å². The molecule has 2 nitrogen and oxygen atoms in total. The van der Waals surface area contributed by atoms with Crippen molar-refractivity contribution < 1.29 is 8.85 Å². The molecule has 1 radical (unpaired) electrons. The van der Waals surface area contributed by atoms with E-state index in [9.17, 15) is 0 Å². The highest BCUT2D eigenvalue weighted by molar-refractivity contribution is 6.69. The Morgan fingerprint density at radius 2 is 1.80 bits per heavy atom. The van der Waals surface area contributed by atoms with E-state index in [1.165, 1.54) is 0 Å². The Hall–Kier alpha value is 0.137. The van der Waals surface area contributed by atoms with Crippen LogP contribution in [0.4, 0.5) is 0 Å². The predicted molar refractivity (Wildman–Crippen MR) is 44.8 cm³/mol. The standard InChI is InChI=1S/C7H17O2Si/c1-5-6-7-10(4,8-2)9-3/h7H,5-6H2,1-4H3. The van der Waals surface area contributed by atoms with Gasteiger partial charge in [-0.15, -0.1) is 0 Å². The molecule has 10 heavy (non-hydrogen) atoms. The van der Waals surface area contributed by atoms with Gasteiger partial charge in [0.15, 0.2) is 0 Å². The fraction of sp³-hybridized carbons (Fsp3) is 0.857. The second kappa shape index (κ2) is 4.88. The van der Waals surface area contributed by atoms with Crippen LogP contribution in [0.2, 0.25) is 6.55 Å². The van der Waals surface area contributed by atoms with Gasteiger partial charge in [0.2, 0.25) is 0 Å². The molecule has 0 aliphatic heterocycles. The van der Waals surface area contributed by atoms with Crippen LogP contribution >= 0.6 is 0 Å². The van der Waals surface area contributed by atoms with E-state index < -0.39 is 8.56 Å². The van der Waals surface area contributed by atoms with Crippen molar-refractivity contribution in [2.75, 3.05) is 14.2 Å². The van der Waals surface area contributed by atoms with Gasteiger partial charge in [0.25, 0.3) is 0 Å². The molecule has 0 bridgehead atoms. The lowest BCUT2D eigenvalue weighted by Crippen LogP contribution is -2.37. The first-order valence-electron chi connectivity index (χ1n) is 3.63. The molecule has 0 saturated heterocycles. The topological polar surface area (TPSA) is 18.5 Å². The van der Waals surface area contributed by atoms with E-state index in [0.717, 1.165) is 12.8 Å². The molecule has 3 heteroatoms. The predicted octanol–water partition coefficient (Wildman–Crippen LogP) is 1.89. The monoisotopic (exact) mass is 161 g/mol. The van der Waals surface area contributed by atoms with Gasteiger partial charge in [0.05, 0.1) is 0 Å². The average molecular weight is 161 g/mol. The number of unbranched alkanes of at least 4 members (excludes halogenated alkanes) is 1. The molecule has 0 aromatic rings. The first-order valence-corrected chi connectivity index (χ1v) is 6.02. The summed E-state index contributed by atoms with van der Waals surface area (Å²) < 4.78 is 10.5. The van der Waals surface area contributed by atoms with Crippen molar-refractivity contribution in [2.45, 2.75) is 26.3 Å². The maximum absolute atomic E-state index is 5.25. The molecule has 0 aromatic heterocycles. The second-order valence-corrected chi connectivity index (χ2v) is 5.67. The maximum Gasteiger partial charge on any atom is 0.337 e. The van der Waals surface area contributed by atoms with Gasteiger partial charge >= 0.3 is 8.56 Å². The molecule has 0 aliphatic rings. The van der Waals surface area contributed by atoms with Gasteiger partial charge in [-0.3, -0.25) is 0 Å². The van der Waals surface area contributed by atoms with E-state index in [1.54, 1.807) is 14.2 Å². The Morgan fingerprint density at radius 3 is 2.10 bits per heavy atom. The van der Waals surface area contributed by atoms with Gasteiger partial charge < -0.3 is 8.85 Å². The summed E-state index contributed by atoms with van der Waals surface area (Å²) in [6.45, 7) is 4.19. The summed E-state index contributed by atoms with van der Waals surface area (Å²) in [5, 5.41) is 0. The zero-order chi connectivity index (χ0) is 8.04. The molecule has 0 aromatic carbocycles. The fourth-order valence-electron chi connectivity index (χ4n) is 0.657. The van der Waals surface area contributed by atoms with Gasteiger partial charge in [0.1, 0.15) is 0 Å². The van der Waals surface area contributed by atoms with Crippen molar-refractivity contribution in [3.05, 3.63) is 6.04 Å². The van der Waals surface area contributed by atoms with Crippen LogP contribution in [-0.4, -0.2) is 22.8 Å². The summed E-state index contributed by atoms with van der Waals surface area (Å²) in [5.74, 6) is 0. The van der Waals surface area contributed by atoms with Crippen LogP contribution in [0.1, 0.15) is 19.8 Å². The molecule has 0 unspecified atom stereocenters. The quantitative estimate of drug-likeness (QED) is 0.573. The molecule has 0 aliphatic carbocycles. The summed E-state index contributed by atoms with van der Waals surface area (Å²) in [4.78, 5) is 0. The summed E-state index contributed by atoms with van der Waals surface area (Å²) in [5.41, 5.74) is 0. The molecule has 0 rings (SSSR count). The van der Waals surface area contributed by atoms with Crippen LogP contribution in [0.3, 0.4) is 0 Å². The highest BCUT2D eigenvalue weighted by Gasteiger charge is 2.27. The largest absolute Gasteiger partial charge is 0.398 e. The normalized spacial score (nSPS) is 12.0. The average Bonchev–Trinajstić information content (AvgIpc) is 2.00. The van der Waals surface area contributed by atoms with Crippen LogP contribution in [0.5, 0.6) is 0 Å². The van der Waals surface area contributed by atoms with Crippen molar-refractivity contribution in [1.82, 2.24) is 0 Å². The summed E-state index contributed by atoms with van der Waals surface area (Å²) in [6.07, 6.45) is 2.25. The first kappa shape index (κ1) is 10.1. The zero-order valence-electron chi connectivity index (χ0n) is 7.31. The van der Waals surface area contributed by atoms with E-state index in [0.29, 0.717) is 0 Å². The fourth-order valence-corrected chi connectivity index (χ4v) is 1.97. The molecule has 0 spiro atoms. The van der Waals surface area contributed by atoms with Gasteiger partial charge in [-0.1, -0.05) is 13.3 Å². The molecule has 0 atom stereocenters. The Balaban J connectivity index is 3.58. The van der Waals surface area contributed by atoms with Crippen molar-refractivity contribution in [2.24, 2.45) is 0 Å². The first-order chi connectivity index (χ1) is 4.68. The van der Waals surface area contributed by atoms with Crippen LogP contribution in [0.25, 0.3) is 0 Å². The van der Waals surface area contributed by atoms with Gasteiger partial charge in [0, 0.05) is 20.3 Å². The third-order valence-corrected chi connectivity index (χ3v) is 4.27. The minimum absolute atomic E-state index is 1.09. The summed E-state index contributed by atoms with van der Waals surface area (Å²) in [7, 11) is 1.58. The number of hydrogen-bond acceptors (Lipinski definition) is 2. The van der Waals surface area contributed by atoms with E-state index in [1.807, 2.05) is 6.55 Å². The van der Waals surface area contributed by atoms with E-state index >= 15 is 0 Å². The van der Waals surface area contributed by atoms with Crippen molar-refractivity contribution in [3.63, 3.8) is 0 Å². The smallest absolute Gasteiger partial charge is 0.337 e. The number of hydrogen-bond donors (Lipinski definition) is 0. The van der Waals surface area contributed by atoms with Gasteiger partial charge in [-0.25, -0.2) is 0 Å². The van der Waals surface area contributed by atoms with Crippen LogP contribution in [0, 0.1) is 6.04 Å². The molecule has 61 valence electrons. The van der Waals surface area contributed by atoms with E-state index in [4.69, 9.17) is 8.85 Å². The van der Waals surface area contributed by atoms with Crippen molar-refractivity contribution >= 4 is 8.56 Å². The van der Waals surface area contributed by atoms with Crippen LogP contribution < -0.4 is 0 Å². The lowest BCUT2D eigenvalue weighted by Gasteiger charge is -2.21. The molecule has 0 heterocycles. The van der Waals surface area contributed by atoms with Gasteiger partial charge in [-0.2, -0.15) is 0 Å². The molecule has 0 amide bonds. The Morgan fingerprint density at radius 1 is 1.30 bits per heavy atom. The molecule has 0 N–H and O–H groups in total. The van der Waals surface area contributed by atoms with Crippen LogP contribution in [0.15, 0.2) is 0 Å². The van der Waals surface area contributed by atoms with Crippen LogP contribution in [-0.2, 0) is 8.85 Å². The molecule has 0 fully saturated rings. The second-order valence-electron chi connectivity index (χ2n) is 2.42. The highest BCUT2D eigenvalue weighted by Crippen LogP contribution is 2.11. The highest BCUT2D eigenvalue weighted by atomic mass is 28.4. The maximum atomic E-state index is 5.25. The Labute approximate surface area is 64.8 Å². The summed E-state index contributed by atoms with van der Waals surface area (Å²) in [6, 6.07) is 2.17. The minimum Gasteiger partial charge on any atom is -0.398 e. The third kappa shape index (κ3) is 3.34. The Kier molecular flexibility index (Phi) is 4.94. The lowest BCUT2D eigenvalue weighted by atomic mass is 10.4. The van der Waals surface area contributed by atoms with E-state index in [-0.39, 0.29) is 0 Å². The summed E-state index contributed by atoms with van der Waals surface area (Å²) >= 11 is 0. The molecular formula is C7H17O2Si. The van der Waals surface area contributed by atoms with Crippen molar-refractivity contribution in [3.8, 4) is 0 Å². The van der Waals surface area contributed by atoms with E-state index in [2.05, 4.69) is 13.0 Å². The molecule has 0 saturated carbocycles. The Bertz CT molecular complexity index is 81.7. The third-order valence-electron chi connectivity index (χ3n) is 1.61. The number of rotatable bonds is 5. The lowest BCUT2D eigenvalue weighted by molar-refractivity contribution is 0.257. The van der Waals surface area contributed by atoms with Gasteiger partial charge in [-0.05, 0) is 13.0 Å². The SMILES string of the molecule is CCC[CH][Si](C)(OC)OC. The molecular weight excluding hydrogens is 144 g/mol. The zero-order valence-corrected chi connectivity index (χ0v) is 8.31. The minimum atomic E-state index is -1.84.